The van der Waals surface area contributed by atoms with E-state index in [-0.39, 0.29) is 24.4 Å². The highest BCUT2D eigenvalue weighted by Crippen LogP contribution is 2.21. The van der Waals surface area contributed by atoms with Crippen molar-refractivity contribution >= 4 is 11.6 Å². The smallest absolute Gasteiger partial charge is 0.138 e. The average molecular weight is 453 g/mol. The zero-order chi connectivity index (χ0) is 22.4. The van der Waals surface area contributed by atoms with Crippen molar-refractivity contribution in [1.29, 1.82) is 0 Å². The standard InChI is InChI=1S/2C13H22O3/c2*14-11(9-12-5-1-3-7-15-12)10-13-6-2-4-8-16-13/h2*12-13H,1-10H2/t12-,13+;12-,13-/m.0/s1. The number of ketones is 2. The van der Waals surface area contributed by atoms with Crippen LogP contribution in [0.3, 0.4) is 0 Å². The summed E-state index contributed by atoms with van der Waals surface area (Å²) in [6, 6.07) is 0. The summed E-state index contributed by atoms with van der Waals surface area (Å²) in [5.74, 6) is 0.637. The first-order chi connectivity index (χ1) is 15.7. The number of carbonyl (C=O) groups is 2. The zero-order valence-electron chi connectivity index (χ0n) is 19.9. The molecule has 0 aromatic rings. The van der Waals surface area contributed by atoms with Crippen molar-refractivity contribution in [2.75, 3.05) is 26.4 Å². The van der Waals surface area contributed by atoms with Gasteiger partial charge in [-0.1, -0.05) is 0 Å². The summed E-state index contributed by atoms with van der Waals surface area (Å²) in [4.78, 5) is 23.6. The fourth-order valence-electron chi connectivity index (χ4n) is 5.06. The third-order valence-electron chi connectivity index (χ3n) is 6.92. The largest absolute Gasteiger partial charge is 0.378 e. The molecule has 0 unspecified atom stereocenters. The van der Waals surface area contributed by atoms with Crippen molar-refractivity contribution in [3.8, 4) is 0 Å². The summed E-state index contributed by atoms with van der Waals surface area (Å²) in [6.45, 7) is 3.32. The van der Waals surface area contributed by atoms with Crippen LogP contribution in [0.4, 0.5) is 0 Å². The van der Waals surface area contributed by atoms with Gasteiger partial charge >= 0.3 is 0 Å². The third-order valence-corrected chi connectivity index (χ3v) is 6.92. The van der Waals surface area contributed by atoms with Gasteiger partial charge in [-0.2, -0.15) is 0 Å². The Bertz CT molecular complexity index is 434. The first-order valence-electron chi connectivity index (χ1n) is 13.2. The molecule has 0 spiro atoms. The lowest BCUT2D eigenvalue weighted by molar-refractivity contribution is -0.127. The van der Waals surface area contributed by atoms with Crippen LogP contribution in [-0.4, -0.2) is 62.4 Å². The van der Waals surface area contributed by atoms with E-state index in [1.54, 1.807) is 0 Å². The van der Waals surface area contributed by atoms with Gasteiger partial charge in [0.1, 0.15) is 11.6 Å². The third kappa shape index (κ3) is 10.4. The van der Waals surface area contributed by atoms with Crippen molar-refractivity contribution in [1.82, 2.24) is 0 Å². The highest BCUT2D eigenvalue weighted by Gasteiger charge is 2.23. The molecule has 184 valence electrons. The Morgan fingerprint density at radius 2 is 0.688 bits per heavy atom. The number of hydrogen-bond donors (Lipinski definition) is 0. The van der Waals surface area contributed by atoms with Crippen LogP contribution in [0.1, 0.15) is 103 Å². The second-order valence-electron chi connectivity index (χ2n) is 9.85. The lowest BCUT2D eigenvalue weighted by Crippen LogP contribution is -2.26. The summed E-state index contributed by atoms with van der Waals surface area (Å²) < 4.78 is 22.3. The first kappa shape index (κ1) is 25.8. The number of rotatable bonds is 8. The summed E-state index contributed by atoms with van der Waals surface area (Å²) >= 11 is 0. The van der Waals surface area contributed by atoms with E-state index in [4.69, 9.17) is 18.9 Å². The molecule has 0 N–H and O–H groups in total. The van der Waals surface area contributed by atoms with Gasteiger partial charge in [0.05, 0.1) is 24.4 Å². The first-order valence-corrected chi connectivity index (χ1v) is 13.2. The van der Waals surface area contributed by atoms with E-state index in [9.17, 15) is 9.59 Å². The topological polar surface area (TPSA) is 71.1 Å². The Morgan fingerprint density at radius 1 is 0.438 bits per heavy atom. The van der Waals surface area contributed by atoms with E-state index in [0.717, 1.165) is 77.8 Å². The Balaban J connectivity index is 0.000000181. The van der Waals surface area contributed by atoms with Gasteiger partial charge in [-0.25, -0.2) is 0 Å². The van der Waals surface area contributed by atoms with Gasteiger partial charge in [-0.3, -0.25) is 9.59 Å². The van der Waals surface area contributed by atoms with E-state index in [1.807, 2.05) is 0 Å². The molecular formula is C26H44O6. The molecule has 0 amide bonds. The predicted octanol–water partition coefficient (Wildman–Crippen LogP) is 4.95. The molecule has 0 saturated carbocycles. The molecule has 6 heteroatoms. The molecule has 6 nitrogen and oxygen atoms in total. The molecule has 4 aliphatic rings. The van der Waals surface area contributed by atoms with Gasteiger partial charge in [-0.05, 0) is 77.0 Å². The van der Waals surface area contributed by atoms with Crippen molar-refractivity contribution in [2.45, 2.75) is 127 Å². The normalized spacial score (nSPS) is 31.2. The number of hydrogen-bond acceptors (Lipinski definition) is 6. The Labute approximate surface area is 194 Å². The van der Waals surface area contributed by atoms with E-state index in [0.29, 0.717) is 37.2 Å². The van der Waals surface area contributed by atoms with Crippen LogP contribution in [0.15, 0.2) is 0 Å². The van der Waals surface area contributed by atoms with Crippen LogP contribution >= 0.6 is 0 Å². The van der Waals surface area contributed by atoms with E-state index in [2.05, 4.69) is 0 Å². The van der Waals surface area contributed by atoms with E-state index in [1.165, 1.54) is 25.7 Å². The molecule has 0 aromatic carbocycles. The molecule has 0 aromatic heterocycles. The van der Waals surface area contributed by atoms with Crippen molar-refractivity contribution in [2.24, 2.45) is 0 Å². The monoisotopic (exact) mass is 452 g/mol. The summed E-state index contributed by atoms with van der Waals surface area (Å²) in [6.07, 6.45) is 16.8. The van der Waals surface area contributed by atoms with Crippen molar-refractivity contribution in [3.05, 3.63) is 0 Å². The van der Waals surface area contributed by atoms with Gasteiger partial charge < -0.3 is 18.9 Å². The van der Waals surface area contributed by atoms with Crippen LogP contribution in [0.5, 0.6) is 0 Å². The van der Waals surface area contributed by atoms with Gasteiger partial charge in [0.15, 0.2) is 0 Å². The molecule has 0 aliphatic carbocycles. The molecule has 4 rings (SSSR count). The fraction of sp³-hybridized carbons (Fsp3) is 0.923. The quantitative estimate of drug-likeness (QED) is 0.519. The predicted molar refractivity (Wildman–Crippen MR) is 123 cm³/mol. The molecule has 4 aliphatic heterocycles. The summed E-state index contributed by atoms with van der Waals surface area (Å²) in [7, 11) is 0. The van der Waals surface area contributed by atoms with Crippen LogP contribution in [0.25, 0.3) is 0 Å². The van der Waals surface area contributed by atoms with Crippen molar-refractivity contribution in [3.63, 3.8) is 0 Å². The summed E-state index contributed by atoms with van der Waals surface area (Å²) in [5.41, 5.74) is 0. The highest BCUT2D eigenvalue weighted by molar-refractivity contribution is 5.79. The number of ether oxygens (including phenoxy) is 4. The lowest BCUT2D eigenvalue weighted by atomic mass is 9.98. The van der Waals surface area contributed by atoms with E-state index >= 15 is 0 Å². The molecule has 4 saturated heterocycles. The number of Topliss-reactive ketones (excluding diaryl/α,β-unsaturated/α-hetero) is 2. The molecular weight excluding hydrogens is 408 g/mol. The molecule has 4 fully saturated rings. The molecule has 0 radical (unpaired) electrons. The Hall–Kier alpha value is -0.820. The Kier molecular flexibility index (Phi) is 12.2. The Morgan fingerprint density at radius 3 is 0.875 bits per heavy atom. The maximum absolute atomic E-state index is 11.8. The van der Waals surface area contributed by atoms with Gasteiger partial charge in [0.25, 0.3) is 0 Å². The van der Waals surface area contributed by atoms with Gasteiger partial charge in [0, 0.05) is 52.1 Å². The van der Waals surface area contributed by atoms with Crippen LogP contribution in [0.2, 0.25) is 0 Å². The second kappa shape index (κ2) is 15.2. The lowest BCUT2D eigenvalue weighted by Gasteiger charge is -2.24. The fourth-order valence-corrected chi connectivity index (χ4v) is 5.06. The molecule has 4 heterocycles. The van der Waals surface area contributed by atoms with Crippen LogP contribution in [0, 0.1) is 0 Å². The zero-order valence-corrected chi connectivity index (χ0v) is 19.9. The molecule has 32 heavy (non-hydrogen) atoms. The average Bonchev–Trinajstić information content (AvgIpc) is 2.82. The van der Waals surface area contributed by atoms with E-state index < -0.39 is 0 Å². The van der Waals surface area contributed by atoms with Crippen LogP contribution in [-0.2, 0) is 28.5 Å². The minimum Gasteiger partial charge on any atom is -0.378 e. The highest BCUT2D eigenvalue weighted by atomic mass is 16.5. The van der Waals surface area contributed by atoms with Gasteiger partial charge in [-0.15, -0.1) is 0 Å². The maximum Gasteiger partial charge on any atom is 0.138 e. The number of carbonyl (C=O) groups excluding carboxylic acids is 2. The molecule has 0 bridgehead atoms. The SMILES string of the molecule is O=C(C[C@@H]1CCCCO1)C[C@@H]1CCCCO1.O=C(C[C@H]1CCCCO1)C[C@@H]1CCCCO1. The second-order valence-corrected chi connectivity index (χ2v) is 9.85. The minimum atomic E-state index is 0.185. The summed E-state index contributed by atoms with van der Waals surface area (Å²) in [5, 5.41) is 0. The van der Waals surface area contributed by atoms with Crippen molar-refractivity contribution < 1.29 is 28.5 Å². The maximum atomic E-state index is 11.8. The van der Waals surface area contributed by atoms with Crippen LogP contribution < -0.4 is 0 Å². The van der Waals surface area contributed by atoms with Gasteiger partial charge in [0.2, 0.25) is 0 Å². The molecule has 4 atom stereocenters. The minimum absolute atomic E-state index is 0.185.